The Kier molecular flexibility index (Phi) is 6.67. The molecule has 3 rings (SSSR count). The van der Waals surface area contributed by atoms with E-state index in [0.717, 1.165) is 0 Å². The number of hydrogen-bond donors (Lipinski definition) is 1. The first-order valence-corrected chi connectivity index (χ1v) is 8.77. The molecule has 1 aromatic heterocycles. The van der Waals surface area contributed by atoms with Crippen LogP contribution in [0.4, 0.5) is 11.4 Å². The van der Waals surface area contributed by atoms with Gasteiger partial charge in [0.05, 0.1) is 31.2 Å². The van der Waals surface area contributed by atoms with E-state index in [2.05, 4.69) is 20.7 Å². The Labute approximate surface area is 172 Å². The molecular formula is C21H18N4O5. The van der Waals surface area contributed by atoms with E-state index in [1.54, 1.807) is 54.6 Å². The minimum absolute atomic E-state index is 0.210. The van der Waals surface area contributed by atoms with Crippen molar-refractivity contribution >= 4 is 23.3 Å². The standard InChI is InChI=1S/C21H18N4O5/c1-28-18-11-6-14(13-19(18)29-2)21(27)30-25-16-9-7-15(8-10-16)23-24-20(26)17-5-3-4-12-22-17/h3-13,25H,1-2H3. The van der Waals surface area contributed by atoms with Crippen molar-refractivity contribution in [3.8, 4) is 11.5 Å². The number of rotatable bonds is 7. The summed E-state index contributed by atoms with van der Waals surface area (Å²) < 4.78 is 10.3. The zero-order valence-electron chi connectivity index (χ0n) is 16.2. The van der Waals surface area contributed by atoms with Crippen LogP contribution in [0.1, 0.15) is 20.8 Å². The number of methoxy groups -OCH3 is 2. The highest BCUT2D eigenvalue weighted by Gasteiger charge is 2.12. The molecule has 0 aliphatic carbocycles. The second-order valence-corrected chi connectivity index (χ2v) is 5.83. The van der Waals surface area contributed by atoms with E-state index >= 15 is 0 Å². The van der Waals surface area contributed by atoms with Crippen molar-refractivity contribution in [1.82, 2.24) is 4.98 Å². The fourth-order valence-electron chi connectivity index (χ4n) is 2.37. The van der Waals surface area contributed by atoms with E-state index in [-0.39, 0.29) is 5.69 Å². The first-order chi connectivity index (χ1) is 14.6. The highest BCUT2D eigenvalue weighted by Crippen LogP contribution is 2.28. The van der Waals surface area contributed by atoms with Crippen molar-refractivity contribution in [3.63, 3.8) is 0 Å². The lowest BCUT2D eigenvalue weighted by Gasteiger charge is -2.10. The van der Waals surface area contributed by atoms with Crippen molar-refractivity contribution in [2.24, 2.45) is 10.2 Å². The van der Waals surface area contributed by atoms with Crippen LogP contribution in [0.15, 0.2) is 77.1 Å². The van der Waals surface area contributed by atoms with Gasteiger partial charge in [0.2, 0.25) is 0 Å². The molecule has 2 aromatic carbocycles. The quantitative estimate of drug-likeness (QED) is 0.462. The maximum atomic E-state index is 12.2. The average molecular weight is 406 g/mol. The fraction of sp³-hybridized carbons (Fsp3) is 0.0952. The van der Waals surface area contributed by atoms with Crippen molar-refractivity contribution in [2.45, 2.75) is 0 Å². The van der Waals surface area contributed by atoms with Crippen LogP contribution in [-0.2, 0) is 4.84 Å². The van der Waals surface area contributed by atoms with Crippen molar-refractivity contribution < 1.29 is 23.9 Å². The molecule has 0 atom stereocenters. The van der Waals surface area contributed by atoms with Gasteiger partial charge in [-0.2, -0.15) is 0 Å². The number of nitrogens with one attached hydrogen (secondary N) is 1. The Morgan fingerprint density at radius 2 is 1.70 bits per heavy atom. The van der Waals surface area contributed by atoms with Crippen molar-refractivity contribution in [2.75, 3.05) is 19.7 Å². The van der Waals surface area contributed by atoms with E-state index in [4.69, 9.17) is 14.3 Å². The number of pyridine rings is 1. The molecule has 0 unspecified atom stereocenters. The molecule has 0 spiro atoms. The van der Waals surface area contributed by atoms with Gasteiger partial charge >= 0.3 is 11.9 Å². The van der Waals surface area contributed by atoms with Crippen LogP contribution in [0.2, 0.25) is 0 Å². The van der Waals surface area contributed by atoms with Crippen molar-refractivity contribution in [3.05, 3.63) is 78.1 Å². The summed E-state index contributed by atoms with van der Waals surface area (Å²) in [7, 11) is 2.99. The van der Waals surface area contributed by atoms with E-state index in [0.29, 0.717) is 28.4 Å². The maximum absolute atomic E-state index is 12.2. The lowest BCUT2D eigenvalue weighted by Crippen LogP contribution is -2.11. The van der Waals surface area contributed by atoms with Gasteiger partial charge in [-0.25, -0.2) is 10.3 Å². The largest absolute Gasteiger partial charge is 0.493 e. The summed E-state index contributed by atoms with van der Waals surface area (Å²) in [6.45, 7) is 0. The lowest BCUT2D eigenvalue weighted by atomic mass is 10.2. The third-order valence-corrected chi connectivity index (χ3v) is 3.89. The molecule has 1 N–H and O–H groups in total. The number of ether oxygens (including phenoxy) is 2. The summed E-state index contributed by atoms with van der Waals surface area (Å²) in [5, 5.41) is 7.51. The molecule has 30 heavy (non-hydrogen) atoms. The highest BCUT2D eigenvalue weighted by molar-refractivity contribution is 5.92. The Bertz CT molecular complexity index is 1050. The fourth-order valence-corrected chi connectivity index (χ4v) is 2.37. The van der Waals surface area contributed by atoms with E-state index < -0.39 is 11.9 Å². The average Bonchev–Trinajstić information content (AvgIpc) is 2.81. The number of amides is 1. The third kappa shape index (κ3) is 5.16. The zero-order valence-corrected chi connectivity index (χ0v) is 16.2. The molecule has 0 saturated heterocycles. The van der Waals surface area contributed by atoms with Gasteiger partial charge in [0.25, 0.3) is 0 Å². The van der Waals surface area contributed by atoms with Crippen molar-refractivity contribution in [1.29, 1.82) is 0 Å². The number of hydrogen-bond acceptors (Lipinski definition) is 8. The monoisotopic (exact) mass is 406 g/mol. The summed E-state index contributed by atoms with van der Waals surface area (Å²) in [5.74, 6) is -0.211. The molecule has 0 bridgehead atoms. The summed E-state index contributed by atoms with van der Waals surface area (Å²) >= 11 is 0. The van der Waals surface area contributed by atoms with Crippen LogP contribution in [0.3, 0.4) is 0 Å². The number of nitrogens with zero attached hydrogens (tertiary/aromatic N) is 3. The smallest absolute Gasteiger partial charge is 0.362 e. The van der Waals surface area contributed by atoms with Crippen LogP contribution in [-0.4, -0.2) is 31.1 Å². The SMILES string of the molecule is COc1ccc(C(=O)ONc2ccc(N=NC(=O)c3ccccn3)cc2)cc1OC. The molecule has 152 valence electrons. The molecule has 0 saturated carbocycles. The molecule has 1 amide bonds. The van der Waals surface area contributed by atoms with Gasteiger partial charge < -0.3 is 14.3 Å². The van der Waals surface area contributed by atoms with Crippen LogP contribution in [0, 0.1) is 0 Å². The minimum Gasteiger partial charge on any atom is -0.493 e. The lowest BCUT2D eigenvalue weighted by molar-refractivity contribution is 0.0596. The molecule has 9 heteroatoms. The number of aromatic nitrogens is 1. The predicted molar refractivity (Wildman–Crippen MR) is 108 cm³/mol. The highest BCUT2D eigenvalue weighted by atomic mass is 16.7. The molecule has 0 radical (unpaired) electrons. The van der Waals surface area contributed by atoms with Crippen LogP contribution in [0.5, 0.6) is 11.5 Å². The van der Waals surface area contributed by atoms with Gasteiger partial charge in [-0.15, -0.1) is 10.2 Å². The van der Waals surface area contributed by atoms with Crippen LogP contribution >= 0.6 is 0 Å². The Morgan fingerprint density at radius 1 is 0.933 bits per heavy atom. The topological polar surface area (TPSA) is 111 Å². The van der Waals surface area contributed by atoms with Gasteiger partial charge in [-0.3, -0.25) is 9.78 Å². The Balaban J connectivity index is 1.57. The van der Waals surface area contributed by atoms with Gasteiger partial charge in [-0.1, -0.05) is 6.07 Å². The summed E-state index contributed by atoms with van der Waals surface area (Å²) in [4.78, 5) is 33.1. The van der Waals surface area contributed by atoms with Gasteiger partial charge in [0.15, 0.2) is 11.5 Å². The summed E-state index contributed by atoms with van der Waals surface area (Å²) in [6, 6.07) is 16.1. The molecule has 0 fully saturated rings. The van der Waals surface area contributed by atoms with Gasteiger partial charge in [0, 0.05) is 6.20 Å². The normalized spacial score (nSPS) is 10.5. The van der Waals surface area contributed by atoms with Gasteiger partial charge in [-0.05, 0) is 54.6 Å². The Morgan fingerprint density at radius 3 is 2.37 bits per heavy atom. The predicted octanol–water partition coefficient (Wildman–Crippen LogP) is 4.21. The Hall–Kier alpha value is -4.27. The first-order valence-electron chi connectivity index (χ1n) is 8.77. The zero-order chi connectivity index (χ0) is 21.3. The minimum atomic E-state index is -0.597. The number of benzene rings is 2. The molecular weight excluding hydrogens is 388 g/mol. The van der Waals surface area contributed by atoms with E-state index in [9.17, 15) is 9.59 Å². The summed E-state index contributed by atoms with van der Waals surface area (Å²) in [6.07, 6.45) is 1.51. The number of carbonyl (C=O) groups excluding carboxylic acids is 2. The maximum Gasteiger partial charge on any atom is 0.362 e. The number of azo groups is 1. The molecule has 9 nitrogen and oxygen atoms in total. The molecule has 3 aromatic rings. The van der Waals surface area contributed by atoms with E-state index in [1.807, 2.05) is 0 Å². The summed E-state index contributed by atoms with van der Waals surface area (Å²) in [5.41, 5.74) is 4.02. The molecule has 1 heterocycles. The number of carbonyl (C=O) groups is 2. The van der Waals surface area contributed by atoms with Crippen LogP contribution < -0.4 is 15.0 Å². The van der Waals surface area contributed by atoms with Crippen LogP contribution in [0.25, 0.3) is 0 Å². The molecule has 0 aliphatic rings. The van der Waals surface area contributed by atoms with Gasteiger partial charge in [0.1, 0.15) is 5.69 Å². The number of anilines is 1. The second kappa shape index (κ2) is 9.78. The molecule has 0 aliphatic heterocycles. The second-order valence-electron chi connectivity index (χ2n) is 5.83. The first kappa shape index (κ1) is 20.5. The van der Waals surface area contributed by atoms with E-state index in [1.165, 1.54) is 26.5 Å². The third-order valence-electron chi connectivity index (χ3n) is 3.89.